The second-order valence-corrected chi connectivity index (χ2v) is 6.92. The Morgan fingerprint density at radius 2 is 2.08 bits per heavy atom. The molecular weight excluding hydrogens is 376 g/mol. The molecule has 1 saturated heterocycles. The number of aryl methyl sites for hydroxylation is 1. The number of carbonyl (C=O) groups is 1. The van der Waals surface area contributed by atoms with Crippen LogP contribution >= 0.6 is 15.9 Å². The molecule has 8 nitrogen and oxygen atoms in total. The van der Waals surface area contributed by atoms with E-state index >= 15 is 0 Å². The van der Waals surface area contributed by atoms with Gasteiger partial charge in [0.05, 0.1) is 11.5 Å². The number of ether oxygens (including phenoxy) is 1. The number of halogens is 1. The van der Waals surface area contributed by atoms with Crippen molar-refractivity contribution in [1.29, 1.82) is 0 Å². The normalized spacial score (nSPS) is 16.0. The van der Waals surface area contributed by atoms with E-state index in [0.717, 1.165) is 34.3 Å². The van der Waals surface area contributed by atoms with E-state index in [-0.39, 0.29) is 18.2 Å². The van der Waals surface area contributed by atoms with Gasteiger partial charge in [-0.1, -0.05) is 0 Å². The highest BCUT2D eigenvalue weighted by atomic mass is 79.9. The molecule has 1 fully saturated rings. The molecule has 0 spiro atoms. The lowest BCUT2D eigenvalue weighted by molar-refractivity contribution is 0.0701. The zero-order valence-corrected chi connectivity index (χ0v) is 15.6. The fourth-order valence-corrected chi connectivity index (χ4v) is 3.43. The Labute approximate surface area is 148 Å². The van der Waals surface area contributed by atoms with Gasteiger partial charge in [-0.3, -0.25) is 0 Å². The van der Waals surface area contributed by atoms with Gasteiger partial charge in [-0.15, -0.1) is 0 Å². The molecule has 9 heteroatoms. The topological polar surface area (TPSA) is 85.2 Å². The van der Waals surface area contributed by atoms with E-state index in [9.17, 15) is 4.79 Å². The molecule has 1 aliphatic rings. The van der Waals surface area contributed by atoms with Crippen molar-refractivity contribution >= 4 is 38.9 Å². The summed E-state index contributed by atoms with van der Waals surface area (Å²) in [5, 5.41) is 8.67. The number of amides is 1. The van der Waals surface area contributed by atoms with Gasteiger partial charge in [-0.05, 0) is 42.6 Å². The Hall–Kier alpha value is -1.90. The second-order valence-electron chi connectivity index (χ2n) is 6.17. The number of carbonyl (C=O) groups excluding carboxylic acids is 1. The molecule has 0 bridgehead atoms. The first kappa shape index (κ1) is 16.9. The lowest BCUT2D eigenvalue weighted by Crippen LogP contribution is -2.43. The number of nitrogens with one attached hydrogen (secondary N) is 1. The highest BCUT2D eigenvalue weighted by Crippen LogP contribution is 2.28. The maximum atomic E-state index is 11.9. The van der Waals surface area contributed by atoms with Crippen LogP contribution in [0.15, 0.2) is 10.9 Å². The summed E-state index contributed by atoms with van der Waals surface area (Å²) in [5.74, 6) is 0.767. The Morgan fingerprint density at radius 3 is 2.75 bits per heavy atom. The number of hydrogen-bond donors (Lipinski definition) is 1. The number of piperidine rings is 1. The summed E-state index contributed by atoms with van der Waals surface area (Å²) in [5.41, 5.74) is 0.775. The molecular formula is C15H21BrN6O2. The molecule has 0 unspecified atom stereocenters. The molecule has 24 heavy (non-hydrogen) atoms. The van der Waals surface area contributed by atoms with Crippen LogP contribution in [0.3, 0.4) is 0 Å². The lowest BCUT2D eigenvalue weighted by atomic mass is 10.1. The summed E-state index contributed by atoms with van der Waals surface area (Å²) in [6.07, 6.45) is 2.90. The van der Waals surface area contributed by atoms with E-state index in [4.69, 9.17) is 4.74 Å². The molecule has 130 valence electrons. The van der Waals surface area contributed by atoms with Crippen molar-refractivity contribution in [2.24, 2.45) is 7.05 Å². The van der Waals surface area contributed by atoms with Crippen LogP contribution < -0.4 is 5.32 Å². The number of likely N-dealkylation sites (tertiary alicyclic amines) is 1. The quantitative estimate of drug-likeness (QED) is 0.857. The fraction of sp³-hybridized carbons (Fsp3) is 0.600. The monoisotopic (exact) mass is 396 g/mol. The van der Waals surface area contributed by atoms with Crippen LogP contribution in [0.1, 0.15) is 26.7 Å². The largest absolute Gasteiger partial charge is 0.447 e. The van der Waals surface area contributed by atoms with E-state index in [2.05, 4.69) is 36.3 Å². The summed E-state index contributed by atoms with van der Waals surface area (Å²) in [6, 6.07) is 0.248. The third-order valence-corrected chi connectivity index (χ3v) is 4.56. The maximum absolute atomic E-state index is 11.9. The highest BCUT2D eigenvalue weighted by Gasteiger charge is 2.25. The number of rotatable bonds is 3. The van der Waals surface area contributed by atoms with Gasteiger partial charge in [0.2, 0.25) is 0 Å². The van der Waals surface area contributed by atoms with Crippen molar-refractivity contribution in [3.63, 3.8) is 0 Å². The molecule has 1 amide bonds. The van der Waals surface area contributed by atoms with Crippen LogP contribution in [-0.2, 0) is 11.8 Å². The molecule has 0 aliphatic carbocycles. The number of hydrogen-bond acceptors (Lipinski definition) is 6. The zero-order chi connectivity index (χ0) is 17.3. The van der Waals surface area contributed by atoms with E-state index in [1.54, 1.807) is 9.58 Å². The SMILES string of the molecule is CC(C)OC(=O)N1CCC(Nc2ncnc3c2c(Br)nn3C)CC1. The Balaban J connectivity index is 1.66. The standard InChI is InChI=1S/C15H21BrN6O2/c1-9(2)24-15(23)22-6-4-10(5-7-22)19-13-11-12(16)20-21(3)14(11)18-8-17-13/h8-10H,4-7H2,1-3H3,(H,17,18,19). The zero-order valence-electron chi connectivity index (χ0n) is 14.0. The lowest BCUT2D eigenvalue weighted by Gasteiger charge is -2.32. The van der Waals surface area contributed by atoms with Crippen LogP contribution in [-0.4, -0.2) is 56.0 Å². The molecule has 0 saturated carbocycles. The van der Waals surface area contributed by atoms with Gasteiger partial charge < -0.3 is 15.0 Å². The number of aromatic nitrogens is 4. The van der Waals surface area contributed by atoms with E-state index in [0.29, 0.717) is 13.1 Å². The maximum Gasteiger partial charge on any atom is 0.410 e. The number of nitrogens with zero attached hydrogens (tertiary/aromatic N) is 5. The minimum Gasteiger partial charge on any atom is -0.447 e. The van der Waals surface area contributed by atoms with E-state index in [1.165, 1.54) is 6.33 Å². The van der Waals surface area contributed by atoms with Crippen molar-refractivity contribution < 1.29 is 9.53 Å². The molecule has 1 N–H and O–H groups in total. The third-order valence-electron chi connectivity index (χ3n) is 4.01. The smallest absolute Gasteiger partial charge is 0.410 e. The van der Waals surface area contributed by atoms with Crippen LogP contribution in [0.2, 0.25) is 0 Å². The second kappa shape index (κ2) is 6.92. The van der Waals surface area contributed by atoms with Gasteiger partial charge in [0, 0.05) is 26.2 Å². The van der Waals surface area contributed by atoms with Crippen LogP contribution in [0.5, 0.6) is 0 Å². The van der Waals surface area contributed by atoms with Crippen LogP contribution in [0.4, 0.5) is 10.6 Å². The predicted octanol–water partition coefficient (Wildman–Crippen LogP) is 2.55. The minimum absolute atomic E-state index is 0.0921. The number of fused-ring (bicyclic) bond motifs is 1. The van der Waals surface area contributed by atoms with Crippen LogP contribution in [0, 0.1) is 0 Å². The first-order valence-corrected chi connectivity index (χ1v) is 8.80. The van der Waals surface area contributed by atoms with Gasteiger partial charge in [0.25, 0.3) is 0 Å². The van der Waals surface area contributed by atoms with Gasteiger partial charge in [-0.2, -0.15) is 5.10 Å². The summed E-state index contributed by atoms with van der Waals surface area (Å²) in [4.78, 5) is 22.3. The summed E-state index contributed by atoms with van der Waals surface area (Å²) in [7, 11) is 1.85. The van der Waals surface area contributed by atoms with Crippen molar-refractivity contribution in [2.45, 2.75) is 38.8 Å². The Morgan fingerprint density at radius 1 is 1.38 bits per heavy atom. The highest BCUT2D eigenvalue weighted by molar-refractivity contribution is 9.10. The van der Waals surface area contributed by atoms with Gasteiger partial charge in [0.15, 0.2) is 5.65 Å². The molecule has 3 heterocycles. The molecule has 1 aliphatic heterocycles. The molecule has 2 aromatic rings. The van der Waals surface area contributed by atoms with Crippen molar-refractivity contribution in [2.75, 3.05) is 18.4 Å². The first-order valence-electron chi connectivity index (χ1n) is 8.01. The minimum atomic E-state index is -0.233. The molecule has 2 aromatic heterocycles. The summed E-state index contributed by atoms with van der Waals surface area (Å²) < 4.78 is 7.69. The Kier molecular flexibility index (Phi) is 4.88. The van der Waals surface area contributed by atoms with Crippen LogP contribution in [0.25, 0.3) is 11.0 Å². The van der Waals surface area contributed by atoms with Crippen molar-refractivity contribution in [3.05, 3.63) is 10.9 Å². The van der Waals surface area contributed by atoms with Gasteiger partial charge in [-0.25, -0.2) is 19.4 Å². The fourth-order valence-electron chi connectivity index (χ4n) is 2.83. The average molecular weight is 397 g/mol. The molecule has 0 atom stereocenters. The van der Waals surface area contributed by atoms with E-state index in [1.807, 2.05) is 20.9 Å². The molecule has 0 aromatic carbocycles. The Bertz CT molecular complexity index is 739. The van der Waals surface area contributed by atoms with Gasteiger partial charge in [0.1, 0.15) is 16.7 Å². The number of anilines is 1. The predicted molar refractivity (Wildman–Crippen MR) is 93.8 cm³/mol. The summed E-state index contributed by atoms with van der Waals surface area (Å²) >= 11 is 3.46. The molecule has 0 radical (unpaired) electrons. The first-order chi connectivity index (χ1) is 11.5. The third kappa shape index (κ3) is 3.45. The summed E-state index contributed by atoms with van der Waals surface area (Å²) in [6.45, 7) is 5.06. The average Bonchev–Trinajstić information content (AvgIpc) is 2.83. The molecule has 3 rings (SSSR count). The van der Waals surface area contributed by atoms with Crippen molar-refractivity contribution in [3.8, 4) is 0 Å². The van der Waals surface area contributed by atoms with Crippen molar-refractivity contribution in [1.82, 2.24) is 24.6 Å². The van der Waals surface area contributed by atoms with Gasteiger partial charge >= 0.3 is 6.09 Å². The van der Waals surface area contributed by atoms with E-state index < -0.39 is 0 Å².